The van der Waals surface area contributed by atoms with E-state index in [2.05, 4.69) is 20.6 Å². The number of piperidine rings is 1. The number of hydrogen-bond acceptors (Lipinski definition) is 4. The molecule has 2 saturated heterocycles. The van der Waals surface area contributed by atoms with E-state index in [0.29, 0.717) is 36.7 Å². The molecule has 0 spiro atoms. The fraction of sp³-hybridized carbons (Fsp3) is 0.476. The number of nitrogens with zero attached hydrogens (tertiary/aromatic N) is 1. The van der Waals surface area contributed by atoms with Crippen molar-refractivity contribution in [1.29, 1.82) is 0 Å². The van der Waals surface area contributed by atoms with Crippen molar-refractivity contribution in [3.8, 4) is 11.4 Å². The van der Waals surface area contributed by atoms with Crippen LogP contribution >= 0.6 is 0 Å². The Balaban J connectivity index is 1.44. The van der Waals surface area contributed by atoms with E-state index in [1.54, 1.807) is 0 Å². The van der Waals surface area contributed by atoms with E-state index in [0.717, 1.165) is 29.8 Å². The summed E-state index contributed by atoms with van der Waals surface area (Å²) in [7, 11) is 0. The van der Waals surface area contributed by atoms with Gasteiger partial charge in [-0.15, -0.1) is 0 Å². The first-order valence-corrected chi connectivity index (χ1v) is 9.85. The molecule has 0 saturated carbocycles. The monoisotopic (exact) mass is 366 g/mol. The van der Waals surface area contributed by atoms with Gasteiger partial charge in [0.1, 0.15) is 5.82 Å². The number of benzene rings is 1. The number of carbonyl (C=O) groups is 1. The molecule has 1 aromatic heterocycles. The number of H-pyrrole nitrogens is 1. The van der Waals surface area contributed by atoms with Crippen molar-refractivity contribution in [2.75, 3.05) is 5.32 Å². The number of rotatable bonds is 5. The fourth-order valence-corrected chi connectivity index (χ4v) is 4.39. The molecule has 1 aromatic carbocycles. The SMILES string of the molecule is CCc1cc(=O)[nH]c(-c2cccc(NC(=O)CC3CC4CCC(C3)N4)c2)n1. The number of anilines is 1. The normalized spacial score (nSPS) is 24.0. The first kappa shape index (κ1) is 17.9. The lowest BCUT2D eigenvalue weighted by molar-refractivity contribution is -0.117. The third kappa shape index (κ3) is 4.27. The van der Waals surface area contributed by atoms with Crippen molar-refractivity contribution in [1.82, 2.24) is 15.3 Å². The molecule has 1 amide bonds. The van der Waals surface area contributed by atoms with E-state index >= 15 is 0 Å². The van der Waals surface area contributed by atoms with Gasteiger partial charge < -0.3 is 15.6 Å². The second kappa shape index (κ2) is 7.64. The summed E-state index contributed by atoms with van der Waals surface area (Å²) in [4.78, 5) is 31.6. The number of aryl methyl sites for hydroxylation is 1. The molecule has 6 heteroatoms. The predicted octanol–water partition coefficient (Wildman–Crippen LogP) is 2.86. The first-order valence-electron chi connectivity index (χ1n) is 9.85. The maximum Gasteiger partial charge on any atom is 0.251 e. The Morgan fingerprint density at radius 3 is 2.74 bits per heavy atom. The largest absolute Gasteiger partial charge is 0.326 e. The van der Waals surface area contributed by atoms with Crippen LogP contribution in [-0.4, -0.2) is 28.0 Å². The summed E-state index contributed by atoms with van der Waals surface area (Å²) in [5, 5.41) is 6.63. The summed E-state index contributed by atoms with van der Waals surface area (Å²) in [5.74, 6) is 1.05. The van der Waals surface area contributed by atoms with Gasteiger partial charge in [0.15, 0.2) is 0 Å². The lowest BCUT2D eigenvalue weighted by Crippen LogP contribution is -2.39. The van der Waals surface area contributed by atoms with Crippen LogP contribution in [-0.2, 0) is 11.2 Å². The molecule has 2 aromatic rings. The molecule has 0 aliphatic carbocycles. The second-order valence-corrected chi connectivity index (χ2v) is 7.75. The van der Waals surface area contributed by atoms with Crippen LogP contribution in [0.4, 0.5) is 5.69 Å². The Morgan fingerprint density at radius 2 is 2.00 bits per heavy atom. The van der Waals surface area contributed by atoms with Gasteiger partial charge >= 0.3 is 0 Å². The van der Waals surface area contributed by atoms with Crippen molar-refractivity contribution in [2.24, 2.45) is 5.92 Å². The van der Waals surface area contributed by atoms with Crippen LogP contribution in [0.25, 0.3) is 11.4 Å². The summed E-state index contributed by atoms with van der Waals surface area (Å²) in [5.41, 5.74) is 2.12. The molecule has 2 unspecified atom stereocenters. The van der Waals surface area contributed by atoms with E-state index in [4.69, 9.17) is 0 Å². The molecule has 4 rings (SSSR count). The van der Waals surface area contributed by atoms with Crippen molar-refractivity contribution < 1.29 is 4.79 Å². The van der Waals surface area contributed by atoms with Gasteiger partial charge in [-0.3, -0.25) is 9.59 Å². The molecule has 2 atom stereocenters. The zero-order chi connectivity index (χ0) is 18.8. The van der Waals surface area contributed by atoms with Gasteiger partial charge in [-0.2, -0.15) is 0 Å². The number of aromatic amines is 1. The number of amides is 1. The van der Waals surface area contributed by atoms with Crippen LogP contribution < -0.4 is 16.2 Å². The molecule has 2 bridgehead atoms. The molecule has 142 valence electrons. The number of aromatic nitrogens is 2. The predicted molar refractivity (Wildman–Crippen MR) is 106 cm³/mol. The molecule has 6 nitrogen and oxygen atoms in total. The molecule has 2 aliphatic rings. The van der Waals surface area contributed by atoms with Crippen LogP contribution in [0.2, 0.25) is 0 Å². The van der Waals surface area contributed by atoms with Gasteiger partial charge in [0.2, 0.25) is 5.91 Å². The molecular weight excluding hydrogens is 340 g/mol. The van der Waals surface area contributed by atoms with Crippen molar-refractivity contribution in [2.45, 2.75) is 57.5 Å². The average molecular weight is 366 g/mol. The minimum Gasteiger partial charge on any atom is -0.326 e. The number of nitrogens with one attached hydrogen (secondary N) is 3. The molecule has 2 aliphatic heterocycles. The van der Waals surface area contributed by atoms with E-state index in [1.165, 1.54) is 18.9 Å². The fourth-order valence-electron chi connectivity index (χ4n) is 4.39. The van der Waals surface area contributed by atoms with Gasteiger partial charge in [0.05, 0.1) is 0 Å². The third-order valence-electron chi connectivity index (χ3n) is 5.62. The first-order chi connectivity index (χ1) is 13.1. The molecule has 27 heavy (non-hydrogen) atoms. The molecule has 0 radical (unpaired) electrons. The lowest BCUT2D eigenvalue weighted by Gasteiger charge is -2.28. The lowest BCUT2D eigenvalue weighted by atomic mass is 9.89. The smallest absolute Gasteiger partial charge is 0.251 e. The van der Waals surface area contributed by atoms with Crippen LogP contribution in [0.1, 0.15) is 44.7 Å². The number of carbonyl (C=O) groups excluding carboxylic acids is 1. The third-order valence-corrected chi connectivity index (χ3v) is 5.62. The zero-order valence-corrected chi connectivity index (χ0v) is 15.6. The van der Waals surface area contributed by atoms with Gasteiger partial charge in [0, 0.05) is 41.5 Å². The Hall–Kier alpha value is -2.47. The van der Waals surface area contributed by atoms with E-state index < -0.39 is 0 Å². The topological polar surface area (TPSA) is 86.9 Å². The quantitative estimate of drug-likeness (QED) is 0.759. The maximum atomic E-state index is 12.5. The average Bonchev–Trinajstić information content (AvgIpc) is 2.99. The Labute approximate surface area is 158 Å². The maximum absolute atomic E-state index is 12.5. The minimum atomic E-state index is -0.160. The highest BCUT2D eigenvalue weighted by molar-refractivity contribution is 5.91. The molecule has 3 N–H and O–H groups in total. The van der Waals surface area contributed by atoms with Crippen LogP contribution in [0.3, 0.4) is 0 Å². The molecule has 3 heterocycles. The van der Waals surface area contributed by atoms with Gasteiger partial charge in [-0.1, -0.05) is 19.1 Å². The summed E-state index contributed by atoms with van der Waals surface area (Å²) < 4.78 is 0. The Bertz CT molecular complexity index is 880. The van der Waals surface area contributed by atoms with Crippen molar-refractivity contribution in [3.05, 3.63) is 46.4 Å². The Morgan fingerprint density at radius 1 is 1.22 bits per heavy atom. The van der Waals surface area contributed by atoms with Crippen LogP contribution in [0, 0.1) is 5.92 Å². The minimum absolute atomic E-state index is 0.0576. The van der Waals surface area contributed by atoms with Gasteiger partial charge in [-0.05, 0) is 50.2 Å². The second-order valence-electron chi connectivity index (χ2n) is 7.75. The zero-order valence-electron chi connectivity index (χ0n) is 15.6. The van der Waals surface area contributed by atoms with E-state index in [-0.39, 0.29) is 11.5 Å². The summed E-state index contributed by atoms with van der Waals surface area (Å²) in [6, 6.07) is 10.2. The number of fused-ring (bicyclic) bond motifs is 2. The van der Waals surface area contributed by atoms with E-state index in [9.17, 15) is 9.59 Å². The summed E-state index contributed by atoms with van der Waals surface area (Å²) in [6.07, 6.45) is 5.95. The van der Waals surface area contributed by atoms with Gasteiger partial charge in [-0.25, -0.2) is 4.98 Å². The highest BCUT2D eigenvalue weighted by atomic mass is 16.1. The standard InChI is InChI=1S/C21H26N4O2/c1-2-15-12-20(27)25-21(24-15)14-4-3-5-16(11-14)23-19(26)10-13-8-17-6-7-18(9-13)22-17/h3-5,11-13,17-18,22H,2,6-10H2,1H3,(H,23,26)(H,24,25,27). The van der Waals surface area contributed by atoms with Gasteiger partial charge in [0.25, 0.3) is 5.56 Å². The summed E-state index contributed by atoms with van der Waals surface area (Å²) in [6.45, 7) is 1.97. The van der Waals surface area contributed by atoms with E-state index in [1.807, 2.05) is 31.2 Å². The number of hydrogen-bond donors (Lipinski definition) is 3. The molecular formula is C21H26N4O2. The van der Waals surface area contributed by atoms with Crippen molar-refractivity contribution in [3.63, 3.8) is 0 Å². The highest BCUT2D eigenvalue weighted by Gasteiger charge is 2.34. The summed E-state index contributed by atoms with van der Waals surface area (Å²) >= 11 is 0. The van der Waals surface area contributed by atoms with Crippen molar-refractivity contribution >= 4 is 11.6 Å². The molecule has 2 fully saturated rings. The highest BCUT2D eigenvalue weighted by Crippen LogP contribution is 2.32. The van der Waals surface area contributed by atoms with Crippen LogP contribution in [0.15, 0.2) is 35.1 Å². The van der Waals surface area contributed by atoms with Crippen LogP contribution in [0.5, 0.6) is 0 Å². The Kier molecular flexibility index (Phi) is 5.07.